The summed E-state index contributed by atoms with van der Waals surface area (Å²) in [6.45, 7) is 0. The molecular weight excluding hydrogens is 161 g/mol. The molecule has 0 aliphatic carbocycles. The van der Waals surface area contributed by atoms with Gasteiger partial charge in [0.15, 0.2) is 8.96 Å². The first-order valence-corrected chi connectivity index (χ1v) is 3.80. The molecular formula is C6H6N3OP. The lowest BCUT2D eigenvalue weighted by atomic mass is 10.3. The molecule has 0 bridgehead atoms. The van der Waals surface area contributed by atoms with Crippen LogP contribution in [0.3, 0.4) is 0 Å². The Labute approximate surface area is 65.7 Å². The molecule has 0 spiro atoms. The van der Waals surface area contributed by atoms with Gasteiger partial charge in [0.2, 0.25) is 0 Å². The van der Waals surface area contributed by atoms with Crippen molar-refractivity contribution >= 4 is 8.96 Å². The first-order chi connectivity index (χ1) is 5.43. The quantitative estimate of drug-likeness (QED) is 0.295. The van der Waals surface area contributed by atoms with Gasteiger partial charge in [0.05, 0.1) is 0 Å². The molecule has 4 nitrogen and oxygen atoms in total. The molecule has 0 aliphatic rings. The topological polar surface area (TPSA) is 58.0 Å². The normalized spacial score (nSPS) is 9.45. The summed E-state index contributed by atoms with van der Waals surface area (Å²) in [4.78, 5) is 5.82. The maximum absolute atomic E-state index is 7.93. The lowest BCUT2D eigenvalue weighted by Gasteiger charge is -1.98. The zero-order valence-electron chi connectivity index (χ0n) is 5.64. The summed E-state index contributed by atoms with van der Waals surface area (Å²) in [5, 5.41) is 0. The highest BCUT2D eigenvalue weighted by molar-refractivity contribution is 7.30. The van der Waals surface area contributed by atoms with Crippen LogP contribution in [0.5, 0.6) is 5.75 Å². The highest BCUT2D eigenvalue weighted by Crippen LogP contribution is 2.20. The molecule has 11 heavy (non-hydrogen) atoms. The third-order valence-electron chi connectivity index (χ3n) is 0.992. The molecule has 1 aromatic carbocycles. The Kier molecular flexibility index (Phi) is 3.26. The highest BCUT2D eigenvalue weighted by atomic mass is 31.1. The van der Waals surface area contributed by atoms with Crippen LogP contribution in [0, 0.1) is 0 Å². The van der Waals surface area contributed by atoms with E-state index < -0.39 is 0 Å². The van der Waals surface area contributed by atoms with Crippen molar-refractivity contribution in [3.05, 3.63) is 40.8 Å². The molecule has 1 rings (SSSR count). The zero-order valence-corrected chi connectivity index (χ0v) is 6.64. The Morgan fingerprint density at radius 2 is 2.09 bits per heavy atom. The number of rotatable bonds is 3. The maximum atomic E-state index is 7.93. The van der Waals surface area contributed by atoms with Gasteiger partial charge in [0, 0.05) is 4.91 Å². The summed E-state index contributed by atoms with van der Waals surface area (Å²) in [7, 11) is -0.182. The van der Waals surface area contributed by atoms with Crippen molar-refractivity contribution in [3.8, 4) is 5.75 Å². The van der Waals surface area contributed by atoms with E-state index in [9.17, 15) is 0 Å². The lowest BCUT2D eigenvalue weighted by Crippen LogP contribution is -1.72. The van der Waals surface area contributed by atoms with E-state index in [1.807, 2.05) is 18.2 Å². The van der Waals surface area contributed by atoms with Crippen LogP contribution < -0.4 is 4.52 Å². The minimum Gasteiger partial charge on any atom is -0.470 e. The first kappa shape index (κ1) is 7.86. The number of hydrogen-bond acceptors (Lipinski definition) is 2. The van der Waals surface area contributed by atoms with Crippen molar-refractivity contribution < 1.29 is 4.52 Å². The molecule has 5 heteroatoms. The minimum absolute atomic E-state index is 0.182. The van der Waals surface area contributed by atoms with Crippen molar-refractivity contribution in [3.63, 3.8) is 0 Å². The summed E-state index contributed by atoms with van der Waals surface area (Å²) in [5.74, 6) is 0.721. The smallest absolute Gasteiger partial charge is 0.165 e. The van der Waals surface area contributed by atoms with Gasteiger partial charge in [-0.3, -0.25) is 0 Å². The molecule has 0 saturated carbocycles. The maximum Gasteiger partial charge on any atom is 0.165 e. The van der Waals surface area contributed by atoms with Gasteiger partial charge in [-0.15, -0.1) is 0 Å². The van der Waals surface area contributed by atoms with Crippen LogP contribution in [0.1, 0.15) is 0 Å². The van der Waals surface area contributed by atoms with Crippen LogP contribution in [0.4, 0.5) is 0 Å². The lowest BCUT2D eigenvalue weighted by molar-refractivity contribution is 0.632. The summed E-state index contributed by atoms with van der Waals surface area (Å²) in [6.07, 6.45) is 0. The average Bonchev–Trinajstić information content (AvgIpc) is 2.07. The second-order valence-corrected chi connectivity index (χ2v) is 2.28. The SMILES string of the molecule is [N-]=[N+]=NPOc1ccccc1. The van der Waals surface area contributed by atoms with Gasteiger partial charge < -0.3 is 4.52 Å². The Balaban J connectivity index is 2.45. The van der Waals surface area contributed by atoms with E-state index in [4.69, 9.17) is 10.1 Å². The van der Waals surface area contributed by atoms with E-state index >= 15 is 0 Å². The van der Waals surface area contributed by atoms with Gasteiger partial charge in [0.1, 0.15) is 5.75 Å². The van der Waals surface area contributed by atoms with E-state index in [0.29, 0.717) is 0 Å². The number of nitrogens with zero attached hydrogens (tertiary/aromatic N) is 3. The summed E-state index contributed by atoms with van der Waals surface area (Å²) in [5.41, 5.74) is 7.93. The average molecular weight is 167 g/mol. The van der Waals surface area contributed by atoms with Crippen molar-refractivity contribution in [1.82, 2.24) is 0 Å². The number of para-hydroxylation sites is 1. The van der Waals surface area contributed by atoms with Crippen LogP contribution in [0.2, 0.25) is 0 Å². The summed E-state index contributed by atoms with van der Waals surface area (Å²) >= 11 is 0. The molecule has 0 radical (unpaired) electrons. The van der Waals surface area contributed by atoms with Gasteiger partial charge >= 0.3 is 0 Å². The predicted octanol–water partition coefficient (Wildman–Crippen LogP) is 2.88. The summed E-state index contributed by atoms with van der Waals surface area (Å²) < 4.78 is 5.05. The Hall–Kier alpha value is -1.24. The summed E-state index contributed by atoms with van der Waals surface area (Å²) in [6, 6.07) is 9.22. The van der Waals surface area contributed by atoms with Crippen molar-refractivity contribution in [1.29, 1.82) is 0 Å². The largest absolute Gasteiger partial charge is 0.470 e. The molecule has 1 atom stereocenters. The molecule has 0 N–H and O–H groups in total. The molecule has 0 saturated heterocycles. The van der Waals surface area contributed by atoms with Crippen molar-refractivity contribution in [2.24, 2.45) is 4.88 Å². The van der Waals surface area contributed by atoms with Crippen molar-refractivity contribution in [2.75, 3.05) is 0 Å². The second-order valence-electron chi connectivity index (χ2n) is 1.70. The van der Waals surface area contributed by atoms with Crippen molar-refractivity contribution in [2.45, 2.75) is 0 Å². The predicted molar refractivity (Wildman–Crippen MR) is 44.5 cm³/mol. The fraction of sp³-hybridized carbons (Fsp3) is 0. The van der Waals surface area contributed by atoms with Crippen LogP contribution in [-0.4, -0.2) is 0 Å². The van der Waals surface area contributed by atoms with Gasteiger partial charge in [-0.05, 0) is 22.5 Å². The number of hydrogen-bond donors (Lipinski definition) is 0. The monoisotopic (exact) mass is 167 g/mol. The molecule has 0 heterocycles. The van der Waals surface area contributed by atoms with E-state index in [2.05, 4.69) is 9.80 Å². The Morgan fingerprint density at radius 3 is 2.73 bits per heavy atom. The molecule has 1 aromatic rings. The minimum atomic E-state index is -0.182. The van der Waals surface area contributed by atoms with Crippen LogP contribution in [-0.2, 0) is 0 Å². The molecule has 0 fully saturated rings. The fourth-order valence-electron chi connectivity index (χ4n) is 0.580. The van der Waals surface area contributed by atoms with Crippen LogP contribution in [0.15, 0.2) is 35.2 Å². The van der Waals surface area contributed by atoms with Gasteiger partial charge in [-0.2, -0.15) is 0 Å². The molecule has 1 unspecified atom stereocenters. The fourth-order valence-corrected chi connectivity index (χ4v) is 0.899. The molecule has 0 aliphatic heterocycles. The van der Waals surface area contributed by atoms with Gasteiger partial charge in [0.25, 0.3) is 0 Å². The molecule has 0 amide bonds. The molecule has 0 aromatic heterocycles. The van der Waals surface area contributed by atoms with Gasteiger partial charge in [-0.1, -0.05) is 18.2 Å². The van der Waals surface area contributed by atoms with E-state index in [1.54, 1.807) is 12.1 Å². The first-order valence-electron chi connectivity index (χ1n) is 2.94. The Morgan fingerprint density at radius 1 is 1.36 bits per heavy atom. The number of benzene rings is 1. The van der Waals surface area contributed by atoms with E-state index in [0.717, 1.165) is 5.75 Å². The van der Waals surface area contributed by atoms with E-state index in [1.165, 1.54) is 0 Å². The van der Waals surface area contributed by atoms with Gasteiger partial charge in [-0.25, -0.2) is 0 Å². The molecule has 56 valence electrons. The van der Waals surface area contributed by atoms with Crippen LogP contribution >= 0.6 is 8.96 Å². The second kappa shape index (κ2) is 4.56. The van der Waals surface area contributed by atoms with E-state index in [-0.39, 0.29) is 8.96 Å². The zero-order chi connectivity index (χ0) is 7.94. The number of azide groups is 1. The standard InChI is InChI=1S/C6H6N3OP/c7-8-9-11-10-6-4-2-1-3-5-6/h1-5,11H. The van der Waals surface area contributed by atoms with Crippen LogP contribution in [0.25, 0.3) is 10.4 Å². The Bertz CT molecular complexity index is 258. The highest BCUT2D eigenvalue weighted by Gasteiger charge is 1.86. The third kappa shape index (κ3) is 2.89. The third-order valence-corrected chi connectivity index (χ3v) is 1.49.